The molecule has 0 aliphatic carbocycles. The molecule has 0 aliphatic rings. The molecule has 2 rings (SSSR count). The van der Waals surface area contributed by atoms with Crippen LogP contribution in [0.15, 0.2) is 27.4 Å². The van der Waals surface area contributed by atoms with Gasteiger partial charge in [0.15, 0.2) is 4.34 Å². The van der Waals surface area contributed by atoms with Crippen molar-refractivity contribution in [3.8, 4) is 0 Å². The summed E-state index contributed by atoms with van der Waals surface area (Å²) in [6.07, 6.45) is -0.746. The maximum atomic E-state index is 11.2. The molecule has 2 aromatic rings. The lowest BCUT2D eigenvalue weighted by atomic mass is 10.1. The summed E-state index contributed by atoms with van der Waals surface area (Å²) in [5.41, 5.74) is 0.470. The number of benzene rings is 1. The topological polar surface area (TPSA) is 92.4 Å². The van der Waals surface area contributed by atoms with Crippen LogP contribution in [0.3, 0.4) is 0 Å². The number of nitro groups is 1. The summed E-state index contributed by atoms with van der Waals surface area (Å²) in [5.74, 6) is 0. The minimum atomic E-state index is -0.746. The van der Waals surface area contributed by atoms with Crippen molar-refractivity contribution in [2.45, 2.75) is 22.3 Å². The van der Waals surface area contributed by atoms with Gasteiger partial charge in [0.2, 0.25) is 5.13 Å². The molecule has 7 nitrogen and oxygen atoms in total. The first kappa shape index (κ1) is 15.7. The Morgan fingerprint density at radius 2 is 2.14 bits per heavy atom. The molecule has 1 heterocycles. The number of nitro benzene ring substituents is 1. The van der Waals surface area contributed by atoms with Gasteiger partial charge in [0, 0.05) is 20.2 Å². The van der Waals surface area contributed by atoms with Crippen molar-refractivity contribution in [3.05, 3.63) is 33.9 Å². The molecule has 0 fully saturated rings. The van der Waals surface area contributed by atoms with E-state index in [2.05, 4.69) is 10.2 Å². The molecule has 0 saturated carbocycles. The van der Waals surface area contributed by atoms with Crippen LogP contribution in [0.2, 0.25) is 0 Å². The highest BCUT2D eigenvalue weighted by Gasteiger charge is 2.19. The summed E-state index contributed by atoms with van der Waals surface area (Å²) in [7, 11) is 3.71. The van der Waals surface area contributed by atoms with Crippen LogP contribution < -0.4 is 4.90 Å². The molecular formula is C12H14N4O3S2. The van der Waals surface area contributed by atoms with Crippen molar-refractivity contribution in [2.75, 3.05) is 19.0 Å². The average molecular weight is 326 g/mol. The molecule has 0 radical (unpaired) electrons. The predicted molar refractivity (Wildman–Crippen MR) is 82.1 cm³/mol. The first-order valence-electron chi connectivity index (χ1n) is 6.03. The predicted octanol–water partition coefficient (Wildman–Crippen LogP) is 2.72. The van der Waals surface area contributed by atoms with Crippen molar-refractivity contribution in [3.63, 3.8) is 0 Å². The summed E-state index contributed by atoms with van der Waals surface area (Å²) < 4.78 is 0.631. The smallest absolute Gasteiger partial charge is 0.283 e. The van der Waals surface area contributed by atoms with E-state index in [1.54, 1.807) is 19.1 Å². The molecule has 0 amide bonds. The van der Waals surface area contributed by atoms with Gasteiger partial charge in [0.1, 0.15) is 0 Å². The quantitative estimate of drug-likeness (QED) is 0.667. The second-order valence-electron chi connectivity index (χ2n) is 4.51. The third kappa shape index (κ3) is 3.69. The summed E-state index contributed by atoms with van der Waals surface area (Å²) in [6.45, 7) is 1.57. The standard InChI is InChI=1S/C12H14N4O3S2/c1-7(17)8-4-5-10(9(6-8)16(18)19)20-12-14-13-11(21-12)15(2)3/h4-7,17H,1-3H3/t7-/m0/s1. The van der Waals surface area contributed by atoms with E-state index in [1.807, 2.05) is 19.0 Å². The van der Waals surface area contributed by atoms with Crippen molar-refractivity contribution in [1.29, 1.82) is 0 Å². The van der Waals surface area contributed by atoms with Crippen LogP contribution in [-0.2, 0) is 0 Å². The zero-order chi connectivity index (χ0) is 15.6. The molecule has 1 aromatic heterocycles. The van der Waals surface area contributed by atoms with E-state index in [-0.39, 0.29) is 5.69 Å². The van der Waals surface area contributed by atoms with Gasteiger partial charge in [-0.15, -0.1) is 10.2 Å². The number of anilines is 1. The van der Waals surface area contributed by atoms with Gasteiger partial charge < -0.3 is 10.0 Å². The molecule has 112 valence electrons. The van der Waals surface area contributed by atoms with Gasteiger partial charge in [0.05, 0.1) is 15.9 Å². The van der Waals surface area contributed by atoms with Crippen molar-refractivity contribution >= 4 is 33.9 Å². The lowest BCUT2D eigenvalue weighted by Gasteiger charge is -2.06. The number of aromatic nitrogens is 2. The SMILES string of the molecule is C[C@H](O)c1ccc(Sc2nnc(N(C)C)s2)c([N+](=O)[O-])c1. The highest BCUT2D eigenvalue weighted by molar-refractivity contribution is 8.01. The molecule has 0 aliphatic heterocycles. The minimum Gasteiger partial charge on any atom is -0.389 e. The Morgan fingerprint density at radius 3 is 2.67 bits per heavy atom. The van der Waals surface area contributed by atoms with Gasteiger partial charge >= 0.3 is 0 Å². The van der Waals surface area contributed by atoms with Gasteiger partial charge in [-0.05, 0) is 30.3 Å². The molecule has 0 bridgehead atoms. The van der Waals surface area contributed by atoms with Crippen molar-refractivity contribution in [2.24, 2.45) is 0 Å². The van der Waals surface area contributed by atoms with Crippen LogP contribution >= 0.6 is 23.1 Å². The maximum Gasteiger partial charge on any atom is 0.283 e. The number of aliphatic hydroxyl groups is 1. The normalized spacial score (nSPS) is 12.2. The van der Waals surface area contributed by atoms with Crippen LogP contribution in [0.25, 0.3) is 0 Å². The summed E-state index contributed by atoms with van der Waals surface area (Å²) >= 11 is 2.56. The Labute approximate surface area is 129 Å². The molecule has 1 atom stereocenters. The van der Waals surface area contributed by atoms with Crippen LogP contribution in [0.5, 0.6) is 0 Å². The minimum absolute atomic E-state index is 0.0417. The van der Waals surface area contributed by atoms with Gasteiger partial charge in [-0.3, -0.25) is 10.1 Å². The first-order valence-corrected chi connectivity index (χ1v) is 7.67. The van der Waals surface area contributed by atoms with Crippen molar-refractivity contribution < 1.29 is 10.0 Å². The van der Waals surface area contributed by atoms with Gasteiger partial charge in [-0.1, -0.05) is 17.4 Å². The summed E-state index contributed by atoms with van der Waals surface area (Å²) in [4.78, 5) is 13.0. The van der Waals surface area contributed by atoms with Gasteiger partial charge in [0.25, 0.3) is 5.69 Å². The second-order valence-corrected chi connectivity index (χ2v) is 6.75. The fraction of sp³-hybridized carbons (Fsp3) is 0.333. The Bertz CT molecular complexity index is 658. The number of hydrogen-bond acceptors (Lipinski definition) is 8. The highest BCUT2D eigenvalue weighted by Crippen LogP contribution is 2.38. The molecular weight excluding hydrogens is 312 g/mol. The van der Waals surface area contributed by atoms with Crippen LogP contribution in [0.1, 0.15) is 18.6 Å². The van der Waals surface area contributed by atoms with E-state index >= 15 is 0 Å². The Morgan fingerprint density at radius 1 is 1.43 bits per heavy atom. The molecule has 0 unspecified atom stereocenters. The summed E-state index contributed by atoms with van der Waals surface area (Å²) in [6, 6.07) is 4.69. The molecule has 21 heavy (non-hydrogen) atoms. The largest absolute Gasteiger partial charge is 0.389 e. The average Bonchev–Trinajstić information content (AvgIpc) is 2.87. The maximum absolute atomic E-state index is 11.2. The number of hydrogen-bond donors (Lipinski definition) is 1. The van der Waals surface area contributed by atoms with Crippen LogP contribution in [-0.4, -0.2) is 34.3 Å². The number of rotatable bonds is 5. The fourth-order valence-electron chi connectivity index (χ4n) is 1.54. The molecule has 1 N–H and O–H groups in total. The van der Waals surface area contributed by atoms with E-state index in [0.29, 0.717) is 14.8 Å². The van der Waals surface area contributed by atoms with E-state index in [4.69, 9.17) is 0 Å². The van der Waals surface area contributed by atoms with Crippen molar-refractivity contribution in [1.82, 2.24) is 10.2 Å². The summed E-state index contributed by atoms with van der Waals surface area (Å²) in [5, 5.41) is 29.4. The van der Waals surface area contributed by atoms with Crippen LogP contribution in [0.4, 0.5) is 10.8 Å². The molecule has 0 saturated heterocycles. The number of aliphatic hydroxyl groups excluding tert-OH is 1. The van der Waals surface area contributed by atoms with E-state index in [1.165, 1.54) is 29.2 Å². The molecule has 0 spiro atoms. The Hall–Kier alpha value is -1.71. The van der Waals surface area contributed by atoms with Gasteiger partial charge in [-0.25, -0.2) is 0 Å². The number of nitrogens with zero attached hydrogens (tertiary/aromatic N) is 4. The Balaban J connectivity index is 2.32. The second kappa shape index (κ2) is 6.37. The van der Waals surface area contributed by atoms with Crippen LogP contribution in [0, 0.1) is 10.1 Å². The van der Waals surface area contributed by atoms with E-state index in [9.17, 15) is 15.2 Å². The third-order valence-corrected chi connectivity index (χ3v) is 4.84. The Kier molecular flexibility index (Phi) is 4.76. The zero-order valence-corrected chi connectivity index (χ0v) is 13.3. The first-order chi connectivity index (χ1) is 9.88. The molecule has 9 heteroatoms. The van der Waals surface area contributed by atoms with Gasteiger partial charge in [-0.2, -0.15) is 0 Å². The molecule has 1 aromatic carbocycles. The lowest BCUT2D eigenvalue weighted by molar-refractivity contribution is -0.387. The third-order valence-electron chi connectivity index (χ3n) is 2.64. The lowest BCUT2D eigenvalue weighted by Crippen LogP contribution is -2.07. The highest BCUT2D eigenvalue weighted by atomic mass is 32.2. The van der Waals surface area contributed by atoms with E-state index < -0.39 is 11.0 Å². The monoisotopic (exact) mass is 326 g/mol. The fourth-order valence-corrected chi connectivity index (χ4v) is 3.35. The van der Waals surface area contributed by atoms with E-state index in [0.717, 1.165) is 5.13 Å². The zero-order valence-electron chi connectivity index (χ0n) is 11.7.